The fourth-order valence-electron chi connectivity index (χ4n) is 4.13. The molecule has 0 amide bonds. The third kappa shape index (κ3) is 5.03. The van der Waals surface area contributed by atoms with E-state index in [0.717, 1.165) is 54.5 Å². The van der Waals surface area contributed by atoms with Gasteiger partial charge < -0.3 is 26.2 Å². The average molecular weight is 435 g/mol. The van der Waals surface area contributed by atoms with Gasteiger partial charge in [-0.15, -0.1) is 0 Å². The molecule has 32 heavy (non-hydrogen) atoms. The van der Waals surface area contributed by atoms with E-state index in [2.05, 4.69) is 79.5 Å². The lowest BCUT2D eigenvalue weighted by Crippen LogP contribution is -2.42. The number of likely N-dealkylation sites (tertiary alicyclic amines) is 1. The van der Waals surface area contributed by atoms with E-state index in [-0.39, 0.29) is 6.29 Å². The van der Waals surface area contributed by atoms with Crippen molar-refractivity contribution in [3.8, 4) is 6.07 Å². The van der Waals surface area contributed by atoms with Gasteiger partial charge in [0.05, 0.1) is 24.4 Å². The Morgan fingerprint density at radius 3 is 2.78 bits per heavy atom. The number of rotatable bonds is 6. The van der Waals surface area contributed by atoms with Gasteiger partial charge in [0.25, 0.3) is 5.82 Å². The molecule has 0 bridgehead atoms. The van der Waals surface area contributed by atoms with Gasteiger partial charge in [-0.25, -0.2) is 9.56 Å². The first-order valence-electron chi connectivity index (χ1n) is 11.0. The predicted octanol–water partition coefficient (Wildman–Crippen LogP) is 0.755. The third-order valence-corrected chi connectivity index (χ3v) is 6.04. The van der Waals surface area contributed by atoms with Crippen molar-refractivity contribution in [2.45, 2.75) is 25.2 Å². The smallest absolute Gasteiger partial charge is 0.274 e. The number of pyridine rings is 1. The summed E-state index contributed by atoms with van der Waals surface area (Å²) in [7, 11) is 6.04. The predicted molar refractivity (Wildman–Crippen MR) is 127 cm³/mol. The molecule has 1 aromatic rings. The number of anilines is 2. The van der Waals surface area contributed by atoms with Crippen molar-refractivity contribution < 1.29 is 4.57 Å². The van der Waals surface area contributed by atoms with Crippen molar-refractivity contribution in [1.29, 1.82) is 5.26 Å². The molecule has 168 valence electrons. The van der Waals surface area contributed by atoms with Crippen LogP contribution in [0.3, 0.4) is 0 Å². The lowest BCUT2D eigenvalue weighted by molar-refractivity contribution is -0.656. The second-order valence-electron chi connectivity index (χ2n) is 8.38. The van der Waals surface area contributed by atoms with Gasteiger partial charge in [0.1, 0.15) is 18.1 Å². The Balaban J connectivity index is 1.38. The first-order chi connectivity index (χ1) is 15.6. The highest BCUT2D eigenvalue weighted by atomic mass is 15.3. The molecular formula is C23H32N9+. The van der Waals surface area contributed by atoms with E-state index in [1.807, 2.05) is 12.2 Å². The van der Waals surface area contributed by atoms with E-state index in [9.17, 15) is 5.26 Å². The minimum atomic E-state index is -0.288. The van der Waals surface area contributed by atoms with Gasteiger partial charge in [-0.1, -0.05) is 0 Å². The zero-order chi connectivity index (χ0) is 22.5. The summed E-state index contributed by atoms with van der Waals surface area (Å²) in [5.74, 6) is 1.86. The molecule has 0 spiro atoms. The minimum absolute atomic E-state index is 0.288. The van der Waals surface area contributed by atoms with Crippen LogP contribution in [0.4, 0.5) is 11.5 Å². The molecule has 0 radical (unpaired) electrons. The normalized spacial score (nSPS) is 21.6. The van der Waals surface area contributed by atoms with Crippen LogP contribution in [0.5, 0.6) is 0 Å². The Kier molecular flexibility index (Phi) is 6.61. The van der Waals surface area contributed by atoms with Crippen LogP contribution in [0.15, 0.2) is 58.1 Å². The molecular weight excluding hydrogens is 402 g/mol. The molecule has 3 aliphatic rings. The van der Waals surface area contributed by atoms with Crippen LogP contribution in [0.25, 0.3) is 0 Å². The Bertz CT molecular complexity index is 1010. The number of nitrogens with zero attached hydrogens (tertiary/aromatic N) is 4. The number of aromatic nitrogens is 1. The Morgan fingerprint density at radius 2 is 2.06 bits per heavy atom. The van der Waals surface area contributed by atoms with Gasteiger partial charge in [-0.05, 0) is 30.8 Å². The Hall–Kier alpha value is -3.51. The zero-order valence-corrected chi connectivity index (χ0v) is 18.9. The highest BCUT2D eigenvalue weighted by Crippen LogP contribution is 2.19. The van der Waals surface area contributed by atoms with Crippen molar-refractivity contribution in [1.82, 2.24) is 20.9 Å². The summed E-state index contributed by atoms with van der Waals surface area (Å²) >= 11 is 0. The number of nitrogens with one attached hydrogen (secondary N) is 5. The number of piperidine rings is 1. The Morgan fingerprint density at radius 1 is 1.25 bits per heavy atom. The molecule has 9 nitrogen and oxygen atoms in total. The number of nitriles is 1. The molecule has 0 saturated carbocycles. The van der Waals surface area contributed by atoms with Crippen molar-refractivity contribution in [2.75, 3.05) is 44.4 Å². The molecule has 1 saturated heterocycles. The molecule has 4 heterocycles. The second kappa shape index (κ2) is 9.75. The van der Waals surface area contributed by atoms with Crippen molar-refractivity contribution in [3.05, 3.63) is 53.1 Å². The molecule has 3 aliphatic heterocycles. The van der Waals surface area contributed by atoms with Crippen LogP contribution in [-0.4, -0.2) is 57.2 Å². The lowest BCUT2D eigenvalue weighted by atomic mass is 10.0. The van der Waals surface area contributed by atoms with Crippen LogP contribution >= 0.6 is 0 Å². The van der Waals surface area contributed by atoms with Gasteiger partial charge >= 0.3 is 0 Å². The lowest BCUT2D eigenvalue weighted by Gasteiger charge is -2.27. The molecule has 1 unspecified atom stereocenters. The second-order valence-corrected chi connectivity index (χ2v) is 8.38. The van der Waals surface area contributed by atoms with Gasteiger partial charge in [-0.3, -0.25) is 5.32 Å². The molecule has 5 N–H and O–H groups in total. The quantitative estimate of drug-likeness (QED) is 0.421. The summed E-state index contributed by atoms with van der Waals surface area (Å²) in [6.45, 7) is 2.90. The van der Waals surface area contributed by atoms with Gasteiger partial charge in [0, 0.05) is 57.5 Å². The highest BCUT2D eigenvalue weighted by Gasteiger charge is 2.22. The topological polar surface area (TPSA) is 103 Å². The van der Waals surface area contributed by atoms with Crippen LogP contribution in [0, 0.1) is 11.3 Å². The molecule has 9 heteroatoms. The standard InChI is InChI=1S/C23H31N9/c1-25-22-16(13-24)12-17(14-27-22)20-6-9-26-23(30-20)29-19-4-5-21(32(3)15-19)28-18-7-10-31(2)11-8-18/h4-6,9,12,15,18,23,29H,7-8,10-11,14H2,1-3H3,(H3,25,26,27,30)/p+1. The number of aryl methyl sites for hydroxylation is 1. The molecule has 1 aromatic heterocycles. The van der Waals surface area contributed by atoms with Crippen LogP contribution in [0.2, 0.25) is 0 Å². The minimum Gasteiger partial charge on any atom is -0.374 e. The largest absolute Gasteiger partial charge is 0.374 e. The van der Waals surface area contributed by atoms with E-state index in [0.29, 0.717) is 18.2 Å². The fraction of sp³-hybridized carbons (Fsp3) is 0.435. The van der Waals surface area contributed by atoms with Crippen LogP contribution in [-0.2, 0) is 7.05 Å². The first-order valence-corrected chi connectivity index (χ1v) is 11.0. The van der Waals surface area contributed by atoms with E-state index in [1.165, 1.54) is 0 Å². The van der Waals surface area contributed by atoms with Crippen molar-refractivity contribution >= 4 is 17.7 Å². The maximum Gasteiger partial charge on any atom is 0.274 e. The van der Waals surface area contributed by atoms with E-state index in [1.54, 1.807) is 13.3 Å². The molecule has 0 aromatic carbocycles. The van der Waals surface area contributed by atoms with E-state index >= 15 is 0 Å². The van der Waals surface area contributed by atoms with Crippen LogP contribution < -0.4 is 31.2 Å². The van der Waals surface area contributed by atoms with Gasteiger partial charge in [0.15, 0.2) is 6.29 Å². The summed E-state index contributed by atoms with van der Waals surface area (Å²) in [5, 5.41) is 26.2. The third-order valence-electron chi connectivity index (χ3n) is 6.04. The number of hydrogen-bond donors (Lipinski definition) is 5. The maximum atomic E-state index is 9.40. The summed E-state index contributed by atoms with van der Waals surface area (Å²) in [6.07, 6.45) is 9.74. The monoisotopic (exact) mass is 434 g/mol. The average Bonchev–Trinajstić information content (AvgIpc) is 2.82. The summed E-state index contributed by atoms with van der Waals surface area (Å²) in [5.41, 5.74) is 3.52. The zero-order valence-electron chi connectivity index (χ0n) is 18.9. The fourth-order valence-corrected chi connectivity index (χ4v) is 4.13. The summed E-state index contributed by atoms with van der Waals surface area (Å²) < 4.78 is 2.11. The van der Waals surface area contributed by atoms with Crippen molar-refractivity contribution in [2.24, 2.45) is 12.0 Å². The first kappa shape index (κ1) is 21.7. The summed E-state index contributed by atoms with van der Waals surface area (Å²) in [6, 6.07) is 6.93. The number of hydrogen-bond acceptors (Lipinski definition) is 8. The van der Waals surface area contributed by atoms with Crippen molar-refractivity contribution in [3.63, 3.8) is 0 Å². The van der Waals surface area contributed by atoms with Gasteiger partial charge in [-0.2, -0.15) is 5.26 Å². The number of aliphatic imine (C=N–C) groups is 1. The highest BCUT2D eigenvalue weighted by molar-refractivity contribution is 5.75. The molecule has 1 fully saturated rings. The van der Waals surface area contributed by atoms with Gasteiger partial charge in [0.2, 0.25) is 0 Å². The molecule has 4 rings (SSSR count). The van der Waals surface area contributed by atoms with E-state index in [4.69, 9.17) is 0 Å². The maximum absolute atomic E-state index is 9.40. The Labute approximate surface area is 189 Å². The van der Waals surface area contributed by atoms with Crippen LogP contribution in [0.1, 0.15) is 12.8 Å². The summed E-state index contributed by atoms with van der Waals surface area (Å²) in [4.78, 5) is 6.88. The molecule has 1 atom stereocenters. The van der Waals surface area contributed by atoms with E-state index < -0.39 is 0 Å². The number of allylic oxidation sites excluding steroid dienone is 3. The number of dihydropyridines is 1. The molecule has 0 aliphatic carbocycles. The SMILES string of the molecule is CNC1=C(C#N)C=C(C2=CC=NC(Nc3ccc(NC4CCN(C)CC4)[n+](C)c3)N2)CN1.